The van der Waals surface area contributed by atoms with Crippen molar-refractivity contribution in [2.75, 3.05) is 6.61 Å². The van der Waals surface area contributed by atoms with Crippen LogP contribution in [0.5, 0.6) is 0 Å². The minimum atomic E-state index is -0.652. The van der Waals surface area contributed by atoms with Crippen molar-refractivity contribution in [3.63, 3.8) is 0 Å². The van der Waals surface area contributed by atoms with Crippen LogP contribution in [0, 0.1) is 11.8 Å². The third-order valence-electron chi connectivity index (χ3n) is 7.62. The molecule has 0 radical (unpaired) electrons. The Balaban J connectivity index is 1.49. The third-order valence-corrected chi connectivity index (χ3v) is 7.62. The Morgan fingerprint density at radius 1 is 1.16 bits per heavy atom. The van der Waals surface area contributed by atoms with E-state index >= 15 is 0 Å². The highest BCUT2D eigenvalue weighted by molar-refractivity contribution is 5.87. The van der Waals surface area contributed by atoms with Gasteiger partial charge < -0.3 is 29.4 Å². The third kappa shape index (κ3) is 8.24. The van der Waals surface area contributed by atoms with Gasteiger partial charge in [0, 0.05) is 19.4 Å². The monoisotopic (exact) mass is 519 g/mol. The fourth-order valence-corrected chi connectivity index (χ4v) is 5.09. The first-order valence-electron chi connectivity index (χ1n) is 13.5. The molecule has 1 spiro atoms. The molecule has 9 atom stereocenters. The maximum atomic E-state index is 12.3. The Morgan fingerprint density at radius 2 is 1.86 bits per heavy atom. The molecule has 37 heavy (non-hydrogen) atoms. The zero-order valence-electron chi connectivity index (χ0n) is 23.3. The van der Waals surface area contributed by atoms with Crippen molar-refractivity contribution < 1.29 is 33.6 Å². The largest absolute Gasteiger partial charge is 0.459 e. The van der Waals surface area contributed by atoms with Crippen LogP contribution in [0.3, 0.4) is 0 Å². The Morgan fingerprint density at radius 3 is 2.49 bits per heavy atom. The normalized spacial score (nSPS) is 37.3. The molecule has 0 aromatic rings. The lowest BCUT2D eigenvalue weighted by Crippen LogP contribution is -2.51. The molecule has 0 aliphatic carbocycles. The Bertz CT molecular complexity index is 891. The molecule has 1 amide bonds. The number of amides is 1. The van der Waals surface area contributed by atoms with Gasteiger partial charge in [-0.3, -0.25) is 9.59 Å². The number of ether oxygens (including phenoxy) is 4. The van der Waals surface area contributed by atoms with E-state index in [1.807, 2.05) is 26.0 Å². The van der Waals surface area contributed by atoms with Crippen LogP contribution < -0.4 is 5.32 Å². The number of carbonyl (C=O) groups is 2. The van der Waals surface area contributed by atoms with E-state index in [0.29, 0.717) is 12.5 Å². The Hall–Kier alpha value is -2.00. The van der Waals surface area contributed by atoms with Crippen LogP contribution in [-0.4, -0.2) is 71.9 Å². The summed E-state index contributed by atoms with van der Waals surface area (Å²) in [5.74, 6) is 0.0197. The topological polar surface area (TPSA) is 107 Å². The van der Waals surface area contributed by atoms with Crippen LogP contribution in [-0.2, 0) is 28.5 Å². The summed E-state index contributed by atoms with van der Waals surface area (Å²) in [5, 5.41) is 13.8. The molecule has 4 unspecified atom stereocenters. The van der Waals surface area contributed by atoms with Crippen molar-refractivity contribution in [1.82, 2.24) is 5.32 Å². The highest BCUT2D eigenvalue weighted by atomic mass is 16.6. The molecule has 2 N–H and O–H groups in total. The van der Waals surface area contributed by atoms with E-state index in [2.05, 4.69) is 32.2 Å². The number of epoxide rings is 1. The second-order valence-electron chi connectivity index (χ2n) is 11.3. The van der Waals surface area contributed by atoms with Crippen molar-refractivity contribution in [3.8, 4) is 0 Å². The first kappa shape index (κ1) is 29.6. The van der Waals surface area contributed by atoms with E-state index in [0.717, 1.165) is 24.8 Å². The average Bonchev–Trinajstić information content (AvgIpc) is 3.59. The number of esters is 1. The van der Waals surface area contributed by atoms with Crippen molar-refractivity contribution in [2.45, 2.75) is 116 Å². The van der Waals surface area contributed by atoms with Crippen molar-refractivity contribution in [2.24, 2.45) is 11.8 Å². The van der Waals surface area contributed by atoms with Gasteiger partial charge in [0.2, 0.25) is 5.91 Å². The Labute approximate surface area is 221 Å². The van der Waals surface area contributed by atoms with E-state index in [1.54, 1.807) is 13.0 Å². The van der Waals surface area contributed by atoms with E-state index in [1.165, 1.54) is 13.0 Å². The second kappa shape index (κ2) is 12.7. The number of hydrogen-bond donors (Lipinski definition) is 2. The summed E-state index contributed by atoms with van der Waals surface area (Å²) in [6, 6.07) is -0.0896. The molecule has 3 aliphatic heterocycles. The Kier molecular flexibility index (Phi) is 10.1. The molecule has 3 fully saturated rings. The van der Waals surface area contributed by atoms with Crippen LogP contribution >= 0.6 is 0 Å². The zero-order chi connectivity index (χ0) is 27.3. The smallest absolute Gasteiger partial charge is 0.303 e. The number of rotatable bonds is 9. The van der Waals surface area contributed by atoms with Gasteiger partial charge in [0.15, 0.2) is 0 Å². The molecule has 0 aromatic heterocycles. The SMILES string of the molecule is CC(=O)O[C@@H](C)/C=C\C(=O)N[C@@H]1C[C@H](C)[C@H](C/C=C(C)/C=C/C2OC(C(C)C)CC3(CO3)C2O)O[C@@H]1C. The molecular formula is C29H45NO7. The molecular weight excluding hydrogens is 474 g/mol. The first-order chi connectivity index (χ1) is 17.4. The lowest BCUT2D eigenvalue weighted by atomic mass is 9.85. The van der Waals surface area contributed by atoms with Gasteiger partial charge in [0.25, 0.3) is 0 Å². The van der Waals surface area contributed by atoms with Crippen LogP contribution in [0.15, 0.2) is 36.0 Å². The summed E-state index contributed by atoms with van der Waals surface area (Å²) in [5.41, 5.74) is 0.642. The molecule has 8 heteroatoms. The van der Waals surface area contributed by atoms with Crippen LogP contribution in [0.1, 0.15) is 67.7 Å². The summed E-state index contributed by atoms with van der Waals surface area (Å²) in [6.07, 6.45) is 9.91. The van der Waals surface area contributed by atoms with Crippen LogP contribution in [0.4, 0.5) is 0 Å². The van der Waals surface area contributed by atoms with Gasteiger partial charge in [-0.05, 0) is 51.5 Å². The number of aliphatic hydroxyl groups is 1. The van der Waals surface area contributed by atoms with E-state index in [9.17, 15) is 14.7 Å². The number of nitrogens with one attached hydrogen (secondary N) is 1. The number of allylic oxidation sites excluding steroid dienone is 2. The van der Waals surface area contributed by atoms with E-state index < -0.39 is 17.8 Å². The van der Waals surface area contributed by atoms with Crippen molar-refractivity contribution in [1.29, 1.82) is 0 Å². The molecule has 3 heterocycles. The number of carbonyl (C=O) groups excluding carboxylic acids is 2. The lowest BCUT2D eigenvalue weighted by Gasteiger charge is -2.39. The van der Waals surface area contributed by atoms with Crippen LogP contribution in [0.25, 0.3) is 0 Å². The van der Waals surface area contributed by atoms with Crippen LogP contribution in [0.2, 0.25) is 0 Å². The summed E-state index contributed by atoms with van der Waals surface area (Å²) >= 11 is 0. The molecule has 3 saturated heterocycles. The summed E-state index contributed by atoms with van der Waals surface area (Å²) in [7, 11) is 0. The van der Waals surface area contributed by atoms with Gasteiger partial charge in [0.05, 0.1) is 31.0 Å². The molecule has 0 bridgehead atoms. The fourth-order valence-electron chi connectivity index (χ4n) is 5.09. The standard InChI is InChI=1S/C29H45NO7/c1-17(2)26-15-29(16-34-29)28(33)25(37-26)12-9-18(3)8-11-24-19(4)14-23(21(6)36-24)30-27(32)13-10-20(5)35-22(7)31/h8-10,12-13,17,19-21,23-26,28,33H,11,14-16H2,1-7H3,(H,30,32)/b12-9+,13-10-,18-8+/t19-,20-,21+,23+,24-,25?,26?,28?,29?/m0/s1. The quantitative estimate of drug-likeness (QED) is 0.207. The zero-order valence-corrected chi connectivity index (χ0v) is 23.3. The van der Waals surface area contributed by atoms with Gasteiger partial charge in [0.1, 0.15) is 23.9 Å². The minimum absolute atomic E-state index is 0.0519. The molecule has 0 saturated carbocycles. The van der Waals surface area contributed by atoms with Gasteiger partial charge >= 0.3 is 5.97 Å². The highest BCUT2D eigenvalue weighted by Gasteiger charge is 2.58. The average molecular weight is 520 g/mol. The maximum Gasteiger partial charge on any atom is 0.303 e. The molecule has 0 aromatic carbocycles. The highest BCUT2D eigenvalue weighted by Crippen LogP contribution is 2.44. The second-order valence-corrected chi connectivity index (χ2v) is 11.3. The molecule has 208 valence electrons. The van der Waals surface area contributed by atoms with Gasteiger partial charge in [-0.15, -0.1) is 0 Å². The van der Waals surface area contributed by atoms with Gasteiger partial charge in [-0.25, -0.2) is 0 Å². The van der Waals surface area contributed by atoms with E-state index in [-0.39, 0.29) is 48.3 Å². The summed E-state index contributed by atoms with van der Waals surface area (Å²) in [6.45, 7) is 14.1. The predicted octanol–water partition coefficient (Wildman–Crippen LogP) is 3.63. The molecule has 8 nitrogen and oxygen atoms in total. The predicted molar refractivity (Wildman–Crippen MR) is 141 cm³/mol. The molecule has 3 aliphatic rings. The molecule has 3 rings (SSSR count). The minimum Gasteiger partial charge on any atom is -0.459 e. The lowest BCUT2D eigenvalue weighted by molar-refractivity contribution is -0.145. The van der Waals surface area contributed by atoms with Crippen molar-refractivity contribution >= 4 is 11.9 Å². The van der Waals surface area contributed by atoms with E-state index in [4.69, 9.17) is 18.9 Å². The number of aliphatic hydroxyl groups excluding tert-OH is 1. The first-order valence-corrected chi connectivity index (χ1v) is 13.5. The van der Waals surface area contributed by atoms with Gasteiger partial charge in [-0.2, -0.15) is 0 Å². The summed E-state index contributed by atoms with van der Waals surface area (Å²) < 4.78 is 23.1. The fraction of sp³-hybridized carbons (Fsp3) is 0.724. The van der Waals surface area contributed by atoms with Crippen molar-refractivity contribution in [3.05, 3.63) is 36.0 Å². The maximum absolute atomic E-state index is 12.3. The number of hydrogen-bond acceptors (Lipinski definition) is 7. The summed E-state index contributed by atoms with van der Waals surface area (Å²) in [4.78, 5) is 23.3. The van der Waals surface area contributed by atoms with Gasteiger partial charge in [-0.1, -0.05) is 44.6 Å².